The number of hydrogen-bond donors (Lipinski definition) is 3. The molecular weight excluding hydrogens is 516 g/mol. The molecule has 41 heavy (non-hydrogen) atoms. The Labute approximate surface area is 241 Å². The van der Waals surface area contributed by atoms with Crippen LogP contribution in [0.2, 0.25) is 0 Å². The normalized spacial score (nSPS) is 17.8. The molecule has 5 rings (SSSR count). The average Bonchev–Trinajstić information content (AvgIpc) is 3.57. The fraction of sp³-hybridized carbons (Fsp3) is 0.438. The zero-order valence-electron chi connectivity index (χ0n) is 24.4. The molecule has 2 saturated heterocycles. The van der Waals surface area contributed by atoms with Gasteiger partial charge in [0.15, 0.2) is 0 Å². The number of urea groups is 1. The van der Waals surface area contributed by atoms with Crippen molar-refractivity contribution >= 4 is 29.4 Å². The van der Waals surface area contributed by atoms with E-state index in [9.17, 15) is 14.4 Å². The minimum atomic E-state index is -0.347. The van der Waals surface area contributed by atoms with Crippen LogP contribution in [-0.4, -0.2) is 51.7 Å². The van der Waals surface area contributed by atoms with Gasteiger partial charge in [-0.25, -0.2) is 9.48 Å². The summed E-state index contributed by atoms with van der Waals surface area (Å²) >= 11 is 0. The zero-order chi connectivity index (χ0) is 29.1. The molecule has 9 heteroatoms. The average molecular weight is 557 g/mol. The maximum atomic E-state index is 13.0. The number of piperidine rings is 1. The van der Waals surface area contributed by atoms with E-state index in [2.05, 4.69) is 48.9 Å². The van der Waals surface area contributed by atoms with E-state index in [1.54, 1.807) is 4.68 Å². The summed E-state index contributed by atoms with van der Waals surface area (Å²) in [5, 5.41) is 13.5. The second kappa shape index (κ2) is 11.8. The molecule has 2 fully saturated rings. The third kappa shape index (κ3) is 6.96. The smallest absolute Gasteiger partial charge is 0.324 e. The molecule has 216 valence electrons. The highest BCUT2D eigenvalue weighted by molar-refractivity contribution is 5.99. The van der Waals surface area contributed by atoms with Crippen molar-refractivity contribution in [3.05, 3.63) is 71.4 Å². The van der Waals surface area contributed by atoms with Crippen LogP contribution < -0.4 is 16.0 Å². The van der Waals surface area contributed by atoms with E-state index >= 15 is 0 Å². The standard InChI is InChI=1S/C32H40N6O3/c1-21-5-11-25(12-6-21)38-28(20-27(36-38)32(2,3)4)35-31(41)33-24-9-7-22(8-10-24)19-23-15-17-37(18-16-23)30(40)26-13-14-29(39)34-26/h5-12,20,23,26H,13-19H2,1-4H3,(H,34,39)(H2,33,35,41). The number of hydrogen-bond acceptors (Lipinski definition) is 4. The lowest BCUT2D eigenvalue weighted by molar-refractivity contribution is -0.135. The van der Waals surface area contributed by atoms with Gasteiger partial charge in [0.05, 0.1) is 11.4 Å². The fourth-order valence-electron chi connectivity index (χ4n) is 5.43. The molecule has 2 aliphatic heterocycles. The summed E-state index contributed by atoms with van der Waals surface area (Å²) in [5.41, 5.74) is 4.67. The Bertz CT molecular complexity index is 1400. The highest BCUT2D eigenvalue weighted by Gasteiger charge is 2.32. The second-order valence-electron chi connectivity index (χ2n) is 12.3. The van der Waals surface area contributed by atoms with E-state index in [-0.39, 0.29) is 29.3 Å². The predicted molar refractivity (Wildman–Crippen MR) is 160 cm³/mol. The summed E-state index contributed by atoms with van der Waals surface area (Å²) < 4.78 is 1.77. The van der Waals surface area contributed by atoms with Gasteiger partial charge in [-0.15, -0.1) is 0 Å². The van der Waals surface area contributed by atoms with Crippen molar-refractivity contribution in [3.8, 4) is 5.69 Å². The summed E-state index contributed by atoms with van der Waals surface area (Å²) in [6.07, 6.45) is 3.86. The maximum absolute atomic E-state index is 13.0. The van der Waals surface area contributed by atoms with Crippen molar-refractivity contribution in [1.82, 2.24) is 20.0 Å². The third-order valence-electron chi connectivity index (χ3n) is 7.95. The summed E-state index contributed by atoms with van der Waals surface area (Å²) in [7, 11) is 0. The number of amides is 4. The Balaban J connectivity index is 1.15. The Hall–Kier alpha value is -4.14. The summed E-state index contributed by atoms with van der Waals surface area (Å²) in [4.78, 5) is 39.0. The van der Waals surface area contributed by atoms with Gasteiger partial charge in [0.2, 0.25) is 11.8 Å². The summed E-state index contributed by atoms with van der Waals surface area (Å²) in [6.45, 7) is 9.79. The third-order valence-corrected chi connectivity index (χ3v) is 7.95. The molecule has 3 N–H and O–H groups in total. The van der Waals surface area contributed by atoms with E-state index in [1.807, 2.05) is 54.3 Å². The number of carbonyl (C=O) groups excluding carboxylic acids is 3. The number of rotatable bonds is 6. The second-order valence-corrected chi connectivity index (χ2v) is 12.3. The molecule has 1 aromatic heterocycles. The van der Waals surface area contributed by atoms with E-state index in [1.165, 1.54) is 5.56 Å². The van der Waals surface area contributed by atoms with E-state index < -0.39 is 0 Å². The van der Waals surface area contributed by atoms with Crippen LogP contribution in [0.5, 0.6) is 0 Å². The molecule has 3 aromatic rings. The van der Waals surface area contributed by atoms with E-state index in [4.69, 9.17) is 5.10 Å². The van der Waals surface area contributed by atoms with Gasteiger partial charge in [0.1, 0.15) is 11.9 Å². The van der Waals surface area contributed by atoms with Gasteiger partial charge in [0.25, 0.3) is 0 Å². The lowest BCUT2D eigenvalue weighted by Gasteiger charge is -2.33. The number of anilines is 2. The Morgan fingerprint density at radius 1 is 0.976 bits per heavy atom. The Morgan fingerprint density at radius 2 is 1.66 bits per heavy atom. The van der Waals surface area contributed by atoms with Gasteiger partial charge in [-0.1, -0.05) is 50.6 Å². The number of likely N-dealkylation sites (tertiary alicyclic amines) is 1. The van der Waals surface area contributed by atoms with Crippen LogP contribution in [-0.2, 0) is 21.4 Å². The molecule has 9 nitrogen and oxygen atoms in total. The summed E-state index contributed by atoms with van der Waals surface area (Å²) in [6, 6.07) is 17.2. The molecule has 0 aliphatic carbocycles. The van der Waals surface area contributed by atoms with E-state index in [0.717, 1.165) is 49.3 Å². The maximum Gasteiger partial charge on any atom is 0.324 e. The van der Waals surface area contributed by atoms with Gasteiger partial charge in [-0.2, -0.15) is 5.10 Å². The Kier molecular flexibility index (Phi) is 8.15. The van der Waals surface area contributed by atoms with Crippen LogP contribution in [0.3, 0.4) is 0 Å². The highest BCUT2D eigenvalue weighted by Crippen LogP contribution is 2.27. The van der Waals surface area contributed by atoms with Crippen molar-refractivity contribution in [3.63, 3.8) is 0 Å². The van der Waals surface area contributed by atoms with E-state index in [0.29, 0.717) is 30.3 Å². The van der Waals surface area contributed by atoms with Gasteiger partial charge >= 0.3 is 6.03 Å². The summed E-state index contributed by atoms with van der Waals surface area (Å²) in [5.74, 6) is 1.13. The van der Waals surface area contributed by atoms with Gasteiger partial charge in [-0.05, 0) is 68.4 Å². The topological polar surface area (TPSA) is 108 Å². The van der Waals surface area contributed by atoms with Gasteiger partial charge in [-0.3, -0.25) is 14.9 Å². The molecule has 0 bridgehead atoms. The molecule has 1 atom stereocenters. The van der Waals surface area contributed by atoms with Crippen LogP contribution in [0.15, 0.2) is 54.6 Å². The molecule has 3 heterocycles. The quantitative estimate of drug-likeness (QED) is 0.389. The number of aromatic nitrogens is 2. The number of aryl methyl sites for hydroxylation is 1. The SMILES string of the molecule is Cc1ccc(-n2nc(C(C)(C)C)cc2NC(=O)Nc2ccc(CC3CCN(C(=O)C4CCC(=O)N4)CC3)cc2)cc1. The molecule has 0 radical (unpaired) electrons. The number of nitrogens with one attached hydrogen (secondary N) is 3. The van der Waals surface area contributed by atoms with Crippen LogP contribution in [0.25, 0.3) is 5.69 Å². The minimum Gasteiger partial charge on any atom is -0.344 e. The zero-order valence-corrected chi connectivity index (χ0v) is 24.4. The van der Waals surface area contributed by atoms with Gasteiger partial charge in [0, 0.05) is 36.7 Å². The molecule has 0 saturated carbocycles. The molecule has 2 aliphatic rings. The minimum absolute atomic E-state index is 0.0304. The first-order valence-electron chi connectivity index (χ1n) is 14.5. The lowest BCUT2D eigenvalue weighted by Crippen LogP contribution is -2.47. The largest absolute Gasteiger partial charge is 0.344 e. The monoisotopic (exact) mass is 556 g/mol. The first kappa shape index (κ1) is 28.4. The Morgan fingerprint density at radius 3 is 2.27 bits per heavy atom. The first-order valence-corrected chi connectivity index (χ1v) is 14.5. The predicted octanol–water partition coefficient (Wildman–Crippen LogP) is 5.18. The van der Waals surface area contributed by atoms with Crippen molar-refractivity contribution < 1.29 is 14.4 Å². The van der Waals surface area contributed by atoms with Crippen LogP contribution in [0.4, 0.5) is 16.3 Å². The van der Waals surface area contributed by atoms with Crippen LogP contribution >= 0.6 is 0 Å². The molecule has 1 unspecified atom stereocenters. The first-order chi connectivity index (χ1) is 19.5. The van der Waals surface area contributed by atoms with Gasteiger partial charge < -0.3 is 15.5 Å². The van der Waals surface area contributed by atoms with Crippen molar-refractivity contribution in [2.75, 3.05) is 23.7 Å². The number of nitrogens with zero attached hydrogens (tertiary/aromatic N) is 3. The number of carbonyl (C=O) groups is 3. The highest BCUT2D eigenvalue weighted by atomic mass is 16.2. The van der Waals surface area contributed by atoms with Crippen molar-refractivity contribution in [1.29, 1.82) is 0 Å². The fourth-order valence-corrected chi connectivity index (χ4v) is 5.43. The molecule has 0 spiro atoms. The van der Waals surface area contributed by atoms with Crippen LogP contribution in [0.1, 0.15) is 63.3 Å². The van der Waals surface area contributed by atoms with Crippen molar-refractivity contribution in [2.24, 2.45) is 5.92 Å². The molecule has 2 aromatic carbocycles. The molecule has 4 amide bonds. The molecular formula is C32H40N6O3. The lowest BCUT2D eigenvalue weighted by atomic mass is 9.90. The number of benzene rings is 2. The van der Waals surface area contributed by atoms with Crippen molar-refractivity contribution in [2.45, 2.75) is 71.3 Å². The van der Waals surface area contributed by atoms with Crippen LogP contribution in [0, 0.1) is 12.8 Å².